The normalized spacial score (nSPS) is 13.0. The SMILES string of the molecule is CCC(CC)CNC(C)C(=O)NC. The Bertz CT molecular complexity index is 144. The van der Waals surface area contributed by atoms with E-state index in [2.05, 4.69) is 24.5 Å². The summed E-state index contributed by atoms with van der Waals surface area (Å²) in [4.78, 5) is 11.1. The van der Waals surface area contributed by atoms with Crippen LogP contribution in [0.2, 0.25) is 0 Å². The van der Waals surface area contributed by atoms with Gasteiger partial charge in [-0.1, -0.05) is 26.7 Å². The van der Waals surface area contributed by atoms with Crippen LogP contribution in [0, 0.1) is 5.92 Å². The van der Waals surface area contributed by atoms with Crippen LogP contribution in [0.25, 0.3) is 0 Å². The van der Waals surface area contributed by atoms with Crippen LogP contribution in [0.3, 0.4) is 0 Å². The first-order valence-corrected chi connectivity index (χ1v) is 5.10. The van der Waals surface area contributed by atoms with E-state index in [0.29, 0.717) is 5.92 Å². The van der Waals surface area contributed by atoms with E-state index in [1.165, 1.54) is 12.8 Å². The average Bonchev–Trinajstić information content (AvgIpc) is 2.17. The highest BCUT2D eigenvalue weighted by atomic mass is 16.2. The van der Waals surface area contributed by atoms with Crippen molar-refractivity contribution >= 4 is 5.91 Å². The molecule has 0 rings (SSSR count). The van der Waals surface area contributed by atoms with Crippen LogP contribution in [0.15, 0.2) is 0 Å². The molecule has 3 nitrogen and oxygen atoms in total. The molecule has 0 aromatic carbocycles. The van der Waals surface area contributed by atoms with Gasteiger partial charge in [-0.05, 0) is 19.4 Å². The molecule has 0 fully saturated rings. The first kappa shape index (κ1) is 12.4. The Balaban J connectivity index is 3.67. The molecular weight excluding hydrogens is 164 g/mol. The van der Waals surface area contributed by atoms with Crippen molar-refractivity contribution in [1.29, 1.82) is 0 Å². The van der Waals surface area contributed by atoms with E-state index < -0.39 is 0 Å². The minimum atomic E-state index is -0.0781. The average molecular weight is 186 g/mol. The van der Waals surface area contributed by atoms with Crippen LogP contribution in [0.1, 0.15) is 33.6 Å². The summed E-state index contributed by atoms with van der Waals surface area (Å²) in [5.41, 5.74) is 0. The second-order valence-corrected chi connectivity index (χ2v) is 3.43. The summed E-state index contributed by atoms with van der Waals surface area (Å²) in [6.07, 6.45) is 2.34. The molecule has 3 heteroatoms. The molecule has 2 N–H and O–H groups in total. The Hall–Kier alpha value is -0.570. The van der Waals surface area contributed by atoms with Crippen LogP contribution >= 0.6 is 0 Å². The van der Waals surface area contributed by atoms with Crippen molar-refractivity contribution in [3.8, 4) is 0 Å². The van der Waals surface area contributed by atoms with E-state index in [1.54, 1.807) is 7.05 Å². The Kier molecular flexibility index (Phi) is 6.59. The third kappa shape index (κ3) is 4.88. The van der Waals surface area contributed by atoms with Crippen molar-refractivity contribution in [3.05, 3.63) is 0 Å². The Morgan fingerprint density at radius 1 is 1.31 bits per heavy atom. The third-order valence-electron chi connectivity index (χ3n) is 2.51. The molecule has 0 aliphatic heterocycles. The van der Waals surface area contributed by atoms with Gasteiger partial charge in [0.1, 0.15) is 0 Å². The van der Waals surface area contributed by atoms with Gasteiger partial charge in [-0.25, -0.2) is 0 Å². The number of hydrogen-bond donors (Lipinski definition) is 2. The maximum atomic E-state index is 11.1. The third-order valence-corrected chi connectivity index (χ3v) is 2.51. The van der Waals surface area contributed by atoms with Crippen molar-refractivity contribution in [2.24, 2.45) is 5.92 Å². The summed E-state index contributed by atoms with van der Waals surface area (Å²) in [7, 11) is 1.66. The molecule has 0 bridgehead atoms. The molecule has 0 aliphatic carbocycles. The van der Waals surface area contributed by atoms with Gasteiger partial charge in [0, 0.05) is 7.05 Å². The quantitative estimate of drug-likeness (QED) is 0.653. The zero-order valence-electron chi connectivity index (χ0n) is 9.18. The van der Waals surface area contributed by atoms with Crippen LogP contribution in [0.4, 0.5) is 0 Å². The van der Waals surface area contributed by atoms with Crippen LogP contribution < -0.4 is 10.6 Å². The predicted molar refractivity (Wildman–Crippen MR) is 55.6 cm³/mol. The molecule has 78 valence electrons. The summed E-state index contributed by atoms with van der Waals surface area (Å²) in [6.45, 7) is 7.18. The highest BCUT2D eigenvalue weighted by Crippen LogP contribution is 2.05. The maximum absolute atomic E-state index is 11.1. The van der Waals surface area contributed by atoms with Crippen molar-refractivity contribution < 1.29 is 4.79 Å². The lowest BCUT2D eigenvalue weighted by atomic mass is 10.0. The molecule has 0 spiro atoms. The number of nitrogens with one attached hydrogen (secondary N) is 2. The molecule has 0 saturated heterocycles. The number of likely N-dealkylation sites (N-methyl/N-ethyl adjacent to an activating group) is 1. The lowest BCUT2D eigenvalue weighted by molar-refractivity contribution is -0.122. The molecule has 1 amide bonds. The van der Waals surface area contributed by atoms with Crippen LogP contribution in [-0.2, 0) is 4.79 Å². The van der Waals surface area contributed by atoms with Gasteiger partial charge in [0.25, 0.3) is 0 Å². The molecule has 1 atom stereocenters. The molecule has 0 saturated carbocycles. The Morgan fingerprint density at radius 2 is 1.85 bits per heavy atom. The summed E-state index contributed by atoms with van der Waals surface area (Å²) in [6, 6.07) is -0.0781. The molecule has 1 unspecified atom stereocenters. The Labute approximate surface area is 81.3 Å². The largest absolute Gasteiger partial charge is 0.358 e. The topological polar surface area (TPSA) is 41.1 Å². The highest BCUT2D eigenvalue weighted by Gasteiger charge is 2.11. The molecule has 0 heterocycles. The Morgan fingerprint density at radius 3 is 2.23 bits per heavy atom. The van der Waals surface area contributed by atoms with Crippen molar-refractivity contribution in [3.63, 3.8) is 0 Å². The zero-order chi connectivity index (χ0) is 10.3. The van der Waals surface area contributed by atoms with Gasteiger partial charge in [-0.3, -0.25) is 4.79 Å². The van der Waals surface area contributed by atoms with E-state index in [-0.39, 0.29) is 11.9 Å². The predicted octanol–water partition coefficient (Wildman–Crippen LogP) is 1.15. The van der Waals surface area contributed by atoms with Crippen molar-refractivity contribution in [2.45, 2.75) is 39.7 Å². The van der Waals surface area contributed by atoms with Gasteiger partial charge in [0.2, 0.25) is 5.91 Å². The lowest BCUT2D eigenvalue weighted by Gasteiger charge is -2.17. The van der Waals surface area contributed by atoms with E-state index in [4.69, 9.17) is 0 Å². The van der Waals surface area contributed by atoms with Gasteiger partial charge >= 0.3 is 0 Å². The van der Waals surface area contributed by atoms with E-state index in [0.717, 1.165) is 6.54 Å². The fourth-order valence-corrected chi connectivity index (χ4v) is 1.23. The first-order chi connectivity index (χ1) is 6.15. The van der Waals surface area contributed by atoms with Crippen LogP contribution in [0.5, 0.6) is 0 Å². The van der Waals surface area contributed by atoms with E-state index >= 15 is 0 Å². The minimum absolute atomic E-state index is 0.0611. The summed E-state index contributed by atoms with van der Waals surface area (Å²) in [5.74, 6) is 0.748. The van der Waals surface area contributed by atoms with Crippen molar-refractivity contribution in [1.82, 2.24) is 10.6 Å². The summed E-state index contributed by atoms with van der Waals surface area (Å²) >= 11 is 0. The monoisotopic (exact) mass is 186 g/mol. The number of hydrogen-bond acceptors (Lipinski definition) is 2. The van der Waals surface area contributed by atoms with Gasteiger partial charge in [0.05, 0.1) is 6.04 Å². The second-order valence-electron chi connectivity index (χ2n) is 3.43. The van der Waals surface area contributed by atoms with Gasteiger partial charge in [-0.15, -0.1) is 0 Å². The molecular formula is C10H22N2O. The standard InChI is InChI=1S/C10H22N2O/c1-5-9(6-2)7-12-8(3)10(13)11-4/h8-9,12H,5-7H2,1-4H3,(H,11,13). The summed E-state index contributed by atoms with van der Waals surface area (Å²) in [5, 5.41) is 5.85. The summed E-state index contributed by atoms with van der Waals surface area (Å²) < 4.78 is 0. The number of carbonyl (C=O) groups is 1. The number of carbonyl (C=O) groups excluding carboxylic acids is 1. The number of rotatable bonds is 6. The van der Waals surface area contributed by atoms with Gasteiger partial charge in [-0.2, -0.15) is 0 Å². The van der Waals surface area contributed by atoms with Gasteiger partial charge < -0.3 is 10.6 Å². The fraction of sp³-hybridized carbons (Fsp3) is 0.900. The fourth-order valence-electron chi connectivity index (χ4n) is 1.23. The lowest BCUT2D eigenvalue weighted by Crippen LogP contribution is -2.42. The minimum Gasteiger partial charge on any atom is -0.358 e. The van der Waals surface area contributed by atoms with E-state index in [9.17, 15) is 4.79 Å². The maximum Gasteiger partial charge on any atom is 0.236 e. The van der Waals surface area contributed by atoms with Gasteiger partial charge in [0.15, 0.2) is 0 Å². The van der Waals surface area contributed by atoms with E-state index in [1.807, 2.05) is 6.92 Å². The first-order valence-electron chi connectivity index (χ1n) is 5.10. The molecule has 0 aliphatic rings. The second kappa shape index (κ2) is 6.89. The smallest absolute Gasteiger partial charge is 0.236 e. The zero-order valence-corrected chi connectivity index (χ0v) is 9.18. The van der Waals surface area contributed by atoms with Crippen LogP contribution in [-0.4, -0.2) is 25.5 Å². The molecule has 13 heavy (non-hydrogen) atoms. The number of amides is 1. The highest BCUT2D eigenvalue weighted by molar-refractivity contribution is 5.80. The molecule has 0 radical (unpaired) electrons. The molecule has 0 aromatic rings. The van der Waals surface area contributed by atoms with Crippen molar-refractivity contribution in [2.75, 3.05) is 13.6 Å². The molecule has 0 aromatic heterocycles.